The van der Waals surface area contributed by atoms with Crippen molar-refractivity contribution in [2.24, 2.45) is 5.92 Å². The van der Waals surface area contributed by atoms with E-state index < -0.39 is 19.8 Å². The normalized spacial score (nSPS) is 20.8. The first kappa shape index (κ1) is 28.0. The lowest BCUT2D eigenvalue weighted by atomic mass is 10.1. The number of fused-ring (bicyclic) bond motifs is 1. The molecular weight excluding hydrogens is 537 g/mol. The van der Waals surface area contributed by atoms with Gasteiger partial charge < -0.3 is 29.6 Å². The largest absolute Gasteiger partial charge is 0.462 e. The predicted molar refractivity (Wildman–Crippen MR) is 149 cm³/mol. The highest BCUT2D eigenvalue weighted by Gasteiger charge is 2.34. The Bertz CT molecular complexity index is 1400. The predicted octanol–water partition coefficient (Wildman–Crippen LogP) is 3.47. The summed E-state index contributed by atoms with van der Waals surface area (Å²) < 4.78 is 37.4. The first-order valence-electron chi connectivity index (χ1n) is 13.2. The summed E-state index contributed by atoms with van der Waals surface area (Å²) in [6, 6.07) is 8.04. The van der Waals surface area contributed by atoms with Gasteiger partial charge in [-0.15, -0.1) is 0 Å². The Hall–Kier alpha value is -3.51. The molecule has 0 radical (unpaired) electrons. The topological polar surface area (TPSA) is 165 Å². The molecular formula is C26H34N7O6P. The van der Waals surface area contributed by atoms with Crippen molar-refractivity contribution in [1.82, 2.24) is 24.6 Å². The van der Waals surface area contributed by atoms with Crippen LogP contribution in [0.15, 0.2) is 48.8 Å². The molecule has 214 valence electrons. The second kappa shape index (κ2) is 12.3. The maximum absolute atomic E-state index is 13.8. The summed E-state index contributed by atoms with van der Waals surface area (Å²) in [5.41, 5.74) is 7.31. The highest BCUT2D eigenvalue weighted by Crippen LogP contribution is 2.46. The minimum absolute atomic E-state index is 0.0567. The second-order valence-corrected chi connectivity index (χ2v) is 11.5. The number of anilines is 2. The lowest BCUT2D eigenvalue weighted by molar-refractivity contribution is -0.146. The van der Waals surface area contributed by atoms with Crippen LogP contribution in [-0.4, -0.2) is 64.5 Å². The number of methoxy groups -OCH3 is 1. The van der Waals surface area contributed by atoms with Crippen LogP contribution in [0, 0.1) is 5.92 Å². The van der Waals surface area contributed by atoms with Crippen LogP contribution in [0.25, 0.3) is 11.2 Å². The third-order valence-corrected chi connectivity index (χ3v) is 8.17. The number of aromatic nitrogens is 4. The van der Waals surface area contributed by atoms with E-state index in [2.05, 4.69) is 25.4 Å². The van der Waals surface area contributed by atoms with Crippen LogP contribution in [0.1, 0.15) is 32.2 Å². The van der Waals surface area contributed by atoms with Gasteiger partial charge in [0.2, 0.25) is 5.95 Å². The van der Waals surface area contributed by atoms with E-state index in [0.717, 1.165) is 12.8 Å². The van der Waals surface area contributed by atoms with Crippen LogP contribution in [0.4, 0.5) is 11.8 Å². The van der Waals surface area contributed by atoms with Gasteiger partial charge in [-0.1, -0.05) is 30.4 Å². The summed E-state index contributed by atoms with van der Waals surface area (Å²) in [5, 5.41) is 6.08. The fraction of sp³-hybridized carbons (Fsp3) is 0.462. The molecule has 3 aromatic rings. The molecule has 1 fully saturated rings. The number of nitrogens with one attached hydrogen (secondary N) is 2. The highest BCUT2D eigenvalue weighted by atomic mass is 31.2. The van der Waals surface area contributed by atoms with Gasteiger partial charge in [0.1, 0.15) is 18.4 Å². The van der Waals surface area contributed by atoms with Crippen molar-refractivity contribution >= 4 is 36.6 Å². The summed E-state index contributed by atoms with van der Waals surface area (Å²) in [6.45, 7) is 1.96. The smallest absolute Gasteiger partial charge is 0.459 e. The molecule has 0 spiro atoms. The molecule has 40 heavy (non-hydrogen) atoms. The molecule has 2 aromatic heterocycles. The van der Waals surface area contributed by atoms with Crippen LogP contribution >= 0.6 is 7.75 Å². The summed E-state index contributed by atoms with van der Waals surface area (Å²) in [6.07, 6.45) is 8.62. The van der Waals surface area contributed by atoms with Crippen molar-refractivity contribution in [2.75, 3.05) is 38.0 Å². The minimum Gasteiger partial charge on any atom is -0.462 e. The van der Waals surface area contributed by atoms with E-state index in [-0.39, 0.29) is 37.7 Å². The maximum atomic E-state index is 13.8. The van der Waals surface area contributed by atoms with Crippen LogP contribution in [0.3, 0.4) is 0 Å². The van der Waals surface area contributed by atoms with E-state index >= 15 is 0 Å². The lowest BCUT2D eigenvalue weighted by Crippen LogP contribution is -2.35. The molecule has 0 amide bonds. The molecule has 2 aliphatic rings. The summed E-state index contributed by atoms with van der Waals surface area (Å²) in [4.78, 5) is 25.7. The van der Waals surface area contributed by atoms with Crippen molar-refractivity contribution in [1.29, 1.82) is 0 Å². The summed E-state index contributed by atoms with van der Waals surface area (Å²) in [5.74, 6) is 0.493. The Morgan fingerprint density at radius 2 is 2.00 bits per heavy atom. The molecule has 1 saturated carbocycles. The molecule has 4 atom stereocenters. The van der Waals surface area contributed by atoms with Crippen molar-refractivity contribution in [3.8, 4) is 5.75 Å². The number of allylic oxidation sites excluding steroid dienone is 1. The quantitative estimate of drug-likeness (QED) is 0.112. The monoisotopic (exact) mass is 571 g/mol. The number of nitrogen functional groups attached to an aromatic ring is 1. The Morgan fingerprint density at radius 3 is 2.75 bits per heavy atom. The zero-order valence-corrected chi connectivity index (χ0v) is 23.3. The number of ether oxygens (including phenoxy) is 2. The standard InChI is InChI=1S/C26H34N7O6P/c1-17(25(34)37-13-12-36-2)32-40(35,39-21-6-4-3-5-7-21)38-15-18-8-11-20(14-18)33-16-28-22-23(29-19-9-10-19)30-26(27)31-24(22)33/h3-8,11,16-20H,9-10,12-15H2,1-2H3,(H,32,35)(H3,27,29,30,31)/t17-,18+,20-,40-/m0/s1. The molecule has 2 aliphatic carbocycles. The maximum Gasteiger partial charge on any atom is 0.459 e. The molecule has 0 unspecified atom stereocenters. The number of carbonyl (C=O) groups is 1. The molecule has 13 nitrogen and oxygen atoms in total. The third kappa shape index (κ3) is 6.97. The van der Waals surface area contributed by atoms with Crippen molar-refractivity contribution in [3.05, 3.63) is 48.8 Å². The number of carbonyl (C=O) groups excluding carboxylic acids is 1. The van der Waals surface area contributed by atoms with Gasteiger partial charge in [0.05, 0.1) is 25.6 Å². The SMILES string of the molecule is COCCOC(=O)[C@H](C)N[P@](=O)(OC[C@@H]1C=C[C@H](n2cnc3c(NC4CC4)nc(N)nc32)C1)Oc1ccccc1. The van der Waals surface area contributed by atoms with Crippen LogP contribution in [-0.2, 0) is 23.4 Å². The first-order valence-corrected chi connectivity index (χ1v) is 14.8. The van der Waals surface area contributed by atoms with Gasteiger partial charge in [0.15, 0.2) is 17.0 Å². The molecule has 5 rings (SSSR count). The number of hydrogen-bond donors (Lipinski definition) is 3. The van der Waals surface area contributed by atoms with Gasteiger partial charge in [-0.2, -0.15) is 15.1 Å². The van der Waals surface area contributed by atoms with Gasteiger partial charge in [-0.05, 0) is 38.3 Å². The number of nitrogens with two attached hydrogens (primary N) is 1. The van der Waals surface area contributed by atoms with Gasteiger partial charge in [0, 0.05) is 19.1 Å². The minimum atomic E-state index is -3.96. The number of benzene rings is 1. The average molecular weight is 572 g/mol. The number of esters is 1. The van der Waals surface area contributed by atoms with Crippen LogP contribution in [0.5, 0.6) is 5.75 Å². The fourth-order valence-electron chi connectivity index (χ4n) is 4.32. The number of para-hydroxylation sites is 1. The zero-order valence-electron chi connectivity index (χ0n) is 22.4. The summed E-state index contributed by atoms with van der Waals surface area (Å²) >= 11 is 0. The van der Waals surface area contributed by atoms with Gasteiger partial charge in [0.25, 0.3) is 0 Å². The van der Waals surface area contributed by atoms with E-state index in [1.807, 2.05) is 22.8 Å². The molecule has 0 saturated heterocycles. The Balaban J connectivity index is 1.25. The van der Waals surface area contributed by atoms with Crippen LogP contribution < -0.4 is 20.7 Å². The molecule has 4 N–H and O–H groups in total. The lowest BCUT2D eigenvalue weighted by Gasteiger charge is -2.24. The second-order valence-electron chi connectivity index (χ2n) is 9.83. The zero-order chi connectivity index (χ0) is 28.1. The van der Waals surface area contributed by atoms with E-state index in [1.54, 1.807) is 30.6 Å². The molecule has 2 heterocycles. The average Bonchev–Trinajstić information content (AvgIpc) is 3.45. The van der Waals surface area contributed by atoms with Crippen molar-refractivity contribution in [2.45, 2.75) is 44.3 Å². The number of rotatable bonds is 14. The number of hydrogen-bond acceptors (Lipinski definition) is 11. The molecule has 14 heteroatoms. The molecule has 0 aliphatic heterocycles. The Labute approximate surface area is 232 Å². The van der Waals surface area contributed by atoms with Gasteiger partial charge >= 0.3 is 13.7 Å². The molecule has 1 aromatic carbocycles. The van der Waals surface area contributed by atoms with E-state index in [0.29, 0.717) is 35.2 Å². The van der Waals surface area contributed by atoms with Crippen LogP contribution in [0.2, 0.25) is 0 Å². The van der Waals surface area contributed by atoms with Gasteiger partial charge in [-0.3, -0.25) is 9.32 Å². The molecule has 0 bridgehead atoms. The Morgan fingerprint density at radius 1 is 1.20 bits per heavy atom. The Kier molecular flexibility index (Phi) is 8.65. The van der Waals surface area contributed by atoms with Gasteiger partial charge in [-0.25, -0.2) is 9.55 Å². The first-order chi connectivity index (χ1) is 19.3. The van der Waals surface area contributed by atoms with E-state index in [4.69, 9.17) is 24.3 Å². The van der Waals surface area contributed by atoms with Crippen molar-refractivity contribution in [3.63, 3.8) is 0 Å². The number of nitrogens with zero attached hydrogens (tertiary/aromatic N) is 4. The van der Waals surface area contributed by atoms with Crippen molar-refractivity contribution < 1.29 is 27.9 Å². The highest BCUT2D eigenvalue weighted by molar-refractivity contribution is 7.52. The fourth-order valence-corrected chi connectivity index (χ4v) is 5.87. The van der Waals surface area contributed by atoms with E-state index in [9.17, 15) is 9.36 Å². The number of imidazole rings is 1. The third-order valence-electron chi connectivity index (χ3n) is 6.53. The summed E-state index contributed by atoms with van der Waals surface area (Å²) in [7, 11) is -2.45. The van der Waals surface area contributed by atoms with E-state index in [1.165, 1.54) is 14.0 Å².